The predicted octanol–water partition coefficient (Wildman–Crippen LogP) is -0.865. The molecule has 0 radical (unpaired) electrons. The van der Waals surface area contributed by atoms with E-state index in [0.717, 1.165) is 0 Å². The molecule has 4 aromatic carbocycles. The van der Waals surface area contributed by atoms with Crippen LogP contribution >= 0.6 is 0 Å². The predicted molar refractivity (Wildman–Crippen MR) is 210 cm³/mol. The van der Waals surface area contributed by atoms with Crippen LogP contribution in [0.1, 0.15) is 52.9 Å². The number of benzene rings is 4. The van der Waals surface area contributed by atoms with E-state index in [9.17, 15) is 105 Å². The number of hydrogen-bond acceptors (Lipinski definition) is 27. The van der Waals surface area contributed by atoms with Gasteiger partial charge in [-0.25, -0.2) is 28.8 Å². The lowest BCUT2D eigenvalue weighted by atomic mass is 9.77. The van der Waals surface area contributed by atoms with Crippen molar-refractivity contribution in [2.75, 3.05) is 13.7 Å². The second-order valence-corrected chi connectivity index (χ2v) is 15.4. The zero-order chi connectivity index (χ0) is 50.6. The lowest BCUT2D eigenvalue weighted by Gasteiger charge is -2.40. The minimum Gasteiger partial charge on any atom is -0.504 e. The van der Waals surface area contributed by atoms with E-state index in [4.69, 9.17) is 23.7 Å². The van der Waals surface area contributed by atoms with Crippen LogP contribution in [0.3, 0.4) is 0 Å². The largest absolute Gasteiger partial charge is 0.504 e. The number of rotatable bonds is 4. The first-order valence-electron chi connectivity index (χ1n) is 19.2. The van der Waals surface area contributed by atoms with Gasteiger partial charge in [0.25, 0.3) is 0 Å². The van der Waals surface area contributed by atoms with E-state index in [1.807, 2.05) is 0 Å². The Bertz CT molecular complexity index is 3050. The van der Waals surface area contributed by atoms with Crippen molar-refractivity contribution in [3.63, 3.8) is 0 Å². The van der Waals surface area contributed by atoms with Gasteiger partial charge in [0.1, 0.15) is 12.7 Å². The van der Waals surface area contributed by atoms with E-state index in [1.54, 1.807) is 0 Å². The summed E-state index contributed by atoms with van der Waals surface area (Å²) in [5, 5.41) is 151. The van der Waals surface area contributed by atoms with Crippen LogP contribution in [0.2, 0.25) is 0 Å². The van der Waals surface area contributed by atoms with E-state index >= 15 is 0 Å². The third-order valence-electron chi connectivity index (χ3n) is 11.6. The summed E-state index contributed by atoms with van der Waals surface area (Å²) >= 11 is 0. The molecule has 7 unspecified atom stereocenters. The Balaban J connectivity index is 1.41. The van der Waals surface area contributed by atoms with Gasteiger partial charge in [-0.05, 0) is 30.3 Å². The van der Waals surface area contributed by atoms with Gasteiger partial charge in [0.2, 0.25) is 28.6 Å². The molecule has 0 aromatic heterocycles. The van der Waals surface area contributed by atoms with Gasteiger partial charge in [-0.1, -0.05) is 0 Å². The molecular weight excluding hydrogens is 936 g/mol. The Hall–Kier alpha value is -9.37. The first kappa shape index (κ1) is 46.2. The quantitative estimate of drug-likeness (QED) is 0.0512. The Morgan fingerprint density at radius 1 is 0.565 bits per heavy atom. The Morgan fingerprint density at radius 3 is 1.58 bits per heavy atom. The average molecular weight is 967 g/mol. The summed E-state index contributed by atoms with van der Waals surface area (Å²) in [4.78, 5) is 99.0. The molecule has 0 spiro atoms. The topological polar surface area (TPSA) is 458 Å². The normalized spacial score (nSPS) is 24.1. The summed E-state index contributed by atoms with van der Waals surface area (Å²) in [6.07, 6.45) is -13.8. The van der Waals surface area contributed by atoms with E-state index in [2.05, 4.69) is 4.74 Å². The highest BCUT2D eigenvalue weighted by molar-refractivity contribution is 6.25. The molecule has 0 amide bonds. The van der Waals surface area contributed by atoms with Gasteiger partial charge in [0, 0.05) is 22.3 Å². The van der Waals surface area contributed by atoms with Crippen molar-refractivity contribution in [3.05, 3.63) is 69.3 Å². The van der Waals surface area contributed by atoms with E-state index in [-0.39, 0.29) is 0 Å². The number of aromatic hydroxyl groups is 12. The zero-order valence-corrected chi connectivity index (χ0v) is 34.1. The van der Waals surface area contributed by atoms with Crippen LogP contribution in [-0.4, -0.2) is 163 Å². The highest BCUT2D eigenvalue weighted by Crippen LogP contribution is 2.57. The average Bonchev–Trinajstić information content (AvgIpc) is 3.54. The maximum absolute atomic E-state index is 14.7. The molecule has 27 heteroatoms. The third kappa shape index (κ3) is 6.69. The van der Waals surface area contributed by atoms with Gasteiger partial charge in [-0.2, -0.15) is 0 Å². The standard InChI is InChI=1S/C42H30O27/c1-64-41(62)42(63)23-20-11(6-16(47)27(51)30(20)54)39(60)69-34(33-31(55)22(35(42)56)21(23)40(61)68-33)32-17(66-36(57)8-2-12(43)24(48)13(44)3-8)7-65-37(58)9-4-14(45)25(49)28(52)18(9)19-10(38(59)67-32)5-15(46)26(50)29(19)53/h2-6,17,23,31-34,43-55,63H,7H2,1H3. The molecule has 9 rings (SSSR count). The van der Waals surface area contributed by atoms with Crippen LogP contribution in [0.4, 0.5) is 0 Å². The number of cyclic esters (lactones) is 2. The number of carbonyl (C=O) groups excluding carboxylic acids is 7. The molecule has 0 fully saturated rings. The summed E-state index contributed by atoms with van der Waals surface area (Å²) in [7, 11) is 0.645. The molecule has 1 aliphatic carbocycles. The fourth-order valence-corrected chi connectivity index (χ4v) is 8.37. The maximum atomic E-state index is 14.7. The number of phenols is 12. The lowest BCUT2D eigenvalue weighted by Crippen LogP contribution is -2.58. The van der Waals surface area contributed by atoms with Crippen molar-refractivity contribution in [1.82, 2.24) is 0 Å². The number of ether oxygens (including phenoxy) is 6. The van der Waals surface area contributed by atoms with Crippen LogP contribution < -0.4 is 0 Å². The summed E-state index contributed by atoms with van der Waals surface area (Å²) in [5.41, 5.74) is -14.1. The summed E-state index contributed by atoms with van der Waals surface area (Å²) < 4.78 is 32.2. The van der Waals surface area contributed by atoms with Crippen molar-refractivity contribution in [2.45, 2.75) is 42.0 Å². The first-order valence-corrected chi connectivity index (χ1v) is 19.2. The molecule has 4 aliphatic heterocycles. The number of hydrogen-bond donors (Lipinski definition) is 14. The van der Waals surface area contributed by atoms with Crippen LogP contribution in [-0.2, 0) is 42.8 Å². The SMILES string of the molecule is COC(=O)C1(O)C(=O)C2=C3C(=O)OC(C2O)C(C2OC(=O)c4cc(O)c(O)c(O)c4-c4c(cc(O)c(O)c4O)C(=O)OCC2OC(=O)c2cc(O)c(O)c(O)c2)OC(=O)c2cc(O)c(O)c(O)c2C31. The fraction of sp³-hybridized carbons (Fsp3) is 0.214. The van der Waals surface area contributed by atoms with Crippen LogP contribution in [0.25, 0.3) is 11.1 Å². The molecule has 27 nitrogen and oxygen atoms in total. The smallest absolute Gasteiger partial charge is 0.347 e. The second kappa shape index (κ2) is 15.9. The number of fused-ring (bicyclic) bond motifs is 6. The Kier molecular flexibility index (Phi) is 10.6. The number of aliphatic hydroxyl groups excluding tert-OH is 1. The summed E-state index contributed by atoms with van der Waals surface area (Å²) in [6, 6.07) is 2.04. The number of methoxy groups -OCH3 is 1. The van der Waals surface area contributed by atoms with Crippen molar-refractivity contribution in [2.24, 2.45) is 0 Å². The molecule has 7 atom stereocenters. The summed E-state index contributed by atoms with van der Waals surface area (Å²) in [6.45, 7) is -1.53. The molecule has 5 aliphatic rings. The molecule has 69 heavy (non-hydrogen) atoms. The van der Waals surface area contributed by atoms with Crippen molar-refractivity contribution in [3.8, 4) is 80.1 Å². The highest BCUT2D eigenvalue weighted by Gasteiger charge is 2.68. The van der Waals surface area contributed by atoms with Gasteiger partial charge in [0.05, 0.1) is 40.9 Å². The van der Waals surface area contributed by atoms with E-state index in [1.165, 1.54) is 0 Å². The number of esters is 6. The van der Waals surface area contributed by atoms with Crippen molar-refractivity contribution < 1.29 is 133 Å². The second-order valence-electron chi connectivity index (χ2n) is 15.4. The number of ketones is 1. The number of carbonyl (C=O) groups is 7. The van der Waals surface area contributed by atoms with Crippen molar-refractivity contribution in [1.29, 1.82) is 0 Å². The fourth-order valence-electron chi connectivity index (χ4n) is 8.37. The van der Waals surface area contributed by atoms with E-state index in [0.29, 0.717) is 37.4 Å². The molecule has 360 valence electrons. The van der Waals surface area contributed by atoms with Crippen LogP contribution in [0.5, 0.6) is 69.0 Å². The van der Waals surface area contributed by atoms with Gasteiger partial charge >= 0.3 is 35.8 Å². The number of phenolic OH excluding ortho intramolecular Hbond substituents is 12. The van der Waals surface area contributed by atoms with E-state index < -0.39 is 209 Å². The molecule has 14 N–H and O–H groups in total. The first-order chi connectivity index (χ1) is 32.4. The van der Waals surface area contributed by atoms with Crippen molar-refractivity contribution >= 4 is 41.6 Å². The zero-order valence-electron chi connectivity index (χ0n) is 34.1. The maximum Gasteiger partial charge on any atom is 0.347 e. The molecule has 4 heterocycles. The molecule has 4 bridgehead atoms. The molecule has 0 saturated carbocycles. The monoisotopic (exact) mass is 966 g/mol. The third-order valence-corrected chi connectivity index (χ3v) is 11.6. The van der Waals surface area contributed by atoms with Gasteiger partial charge in [-0.3, -0.25) is 4.79 Å². The Morgan fingerprint density at radius 2 is 1.03 bits per heavy atom. The minimum absolute atomic E-state index is 0.314. The van der Waals surface area contributed by atoms with Gasteiger partial charge in [-0.15, -0.1) is 0 Å². The summed E-state index contributed by atoms with van der Waals surface area (Å²) in [5.74, 6) is -32.0. The number of Topliss-reactive ketones (excluding diaryl/α,β-unsaturated/α-hetero) is 1. The van der Waals surface area contributed by atoms with Gasteiger partial charge < -0.3 is 99.9 Å². The number of aliphatic hydroxyl groups is 2. The molecule has 4 aromatic rings. The Labute approximate surface area is 379 Å². The minimum atomic E-state index is -3.72. The molecule has 0 saturated heterocycles. The molecular formula is C42H30O27. The van der Waals surface area contributed by atoms with Gasteiger partial charge in [0.15, 0.2) is 76.2 Å². The lowest BCUT2D eigenvalue weighted by molar-refractivity contribution is -0.179. The van der Waals surface area contributed by atoms with Crippen LogP contribution in [0, 0.1) is 0 Å². The van der Waals surface area contributed by atoms with Crippen LogP contribution in [0.15, 0.2) is 41.5 Å². The highest BCUT2D eigenvalue weighted by atomic mass is 16.6.